The number of carbonyl (C=O) groups excluding carboxylic acids is 1. The number of ether oxygens (including phenoxy) is 1. The van der Waals surface area contributed by atoms with Gasteiger partial charge in [0.25, 0.3) is 5.69 Å². The maximum Gasteiger partial charge on any atom is 0.338 e. The molecule has 0 spiro atoms. The number of hydrogen-bond acceptors (Lipinski definition) is 6. The molecule has 0 aliphatic carbocycles. The van der Waals surface area contributed by atoms with Gasteiger partial charge in [-0.3, -0.25) is 10.1 Å². The normalized spacial score (nSPS) is 9.92. The Morgan fingerprint density at radius 3 is 2.75 bits per heavy atom. The number of H-pyrrole nitrogens is 1. The molecule has 2 aromatic carbocycles. The van der Waals surface area contributed by atoms with E-state index in [9.17, 15) is 14.9 Å². The van der Waals surface area contributed by atoms with E-state index in [1.165, 1.54) is 31.4 Å². The molecule has 0 aliphatic heterocycles. The number of benzene rings is 2. The van der Waals surface area contributed by atoms with E-state index in [4.69, 9.17) is 5.73 Å². The molecule has 124 valence electrons. The molecule has 0 radical (unpaired) electrons. The Balaban J connectivity index is 0.000000175. The molecular weight excluding hydrogens is 312 g/mol. The van der Waals surface area contributed by atoms with E-state index < -0.39 is 10.9 Å². The summed E-state index contributed by atoms with van der Waals surface area (Å²) in [5.41, 5.74) is 8.69. The number of nitrogens with zero attached hydrogens (tertiary/aromatic N) is 2. The third-order valence-electron chi connectivity index (χ3n) is 3.23. The molecule has 1 aromatic heterocycles. The first-order valence-corrected chi connectivity index (χ1v) is 7.00. The number of rotatable bonds is 3. The molecule has 1 heterocycles. The minimum Gasteiger partial charge on any atom is -0.465 e. The number of aromatic nitrogens is 2. The van der Waals surface area contributed by atoms with Gasteiger partial charge in [0.15, 0.2) is 0 Å². The molecule has 3 rings (SSSR count). The van der Waals surface area contributed by atoms with Crippen LogP contribution in [0.1, 0.15) is 15.9 Å². The molecule has 3 N–H and O–H groups in total. The molecule has 0 bridgehead atoms. The summed E-state index contributed by atoms with van der Waals surface area (Å²) in [5, 5.41) is 10.3. The number of nitrogens with one attached hydrogen (secondary N) is 1. The SMILES string of the molecule is COC(=O)c1cccc([N+](=O)[O-])c1.NCc1cccc2[nH]cnc12. The largest absolute Gasteiger partial charge is 0.465 e. The van der Waals surface area contributed by atoms with E-state index in [0.29, 0.717) is 6.54 Å². The molecule has 8 heteroatoms. The van der Waals surface area contributed by atoms with Crippen molar-refractivity contribution in [2.75, 3.05) is 7.11 Å². The summed E-state index contributed by atoms with van der Waals surface area (Å²) >= 11 is 0. The molecule has 0 fully saturated rings. The zero-order valence-electron chi connectivity index (χ0n) is 12.9. The highest BCUT2D eigenvalue weighted by Crippen LogP contribution is 2.14. The van der Waals surface area contributed by atoms with Crippen molar-refractivity contribution in [3.8, 4) is 0 Å². The van der Waals surface area contributed by atoms with Gasteiger partial charge in [0, 0.05) is 18.7 Å². The van der Waals surface area contributed by atoms with Gasteiger partial charge in [-0.15, -0.1) is 0 Å². The number of para-hydroxylation sites is 1. The van der Waals surface area contributed by atoms with E-state index in [0.717, 1.165) is 16.6 Å². The summed E-state index contributed by atoms with van der Waals surface area (Å²) in [6, 6.07) is 11.3. The van der Waals surface area contributed by atoms with Gasteiger partial charge in [0.1, 0.15) is 0 Å². The van der Waals surface area contributed by atoms with Crippen molar-refractivity contribution in [2.24, 2.45) is 5.73 Å². The lowest BCUT2D eigenvalue weighted by molar-refractivity contribution is -0.384. The fourth-order valence-electron chi connectivity index (χ4n) is 2.06. The second kappa shape index (κ2) is 7.84. The first-order valence-electron chi connectivity index (χ1n) is 7.00. The maximum atomic E-state index is 10.9. The smallest absolute Gasteiger partial charge is 0.338 e. The van der Waals surface area contributed by atoms with Crippen LogP contribution < -0.4 is 5.73 Å². The van der Waals surface area contributed by atoms with Gasteiger partial charge in [-0.25, -0.2) is 9.78 Å². The lowest BCUT2D eigenvalue weighted by Crippen LogP contribution is -2.01. The molecule has 24 heavy (non-hydrogen) atoms. The van der Waals surface area contributed by atoms with Crippen molar-refractivity contribution in [1.29, 1.82) is 0 Å². The quantitative estimate of drug-likeness (QED) is 0.432. The number of nitro groups is 1. The minimum absolute atomic E-state index is 0.122. The molecular formula is C16H16N4O4. The first kappa shape index (κ1) is 17.1. The number of nitro benzene ring substituents is 1. The average Bonchev–Trinajstić information content (AvgIpc) is 3.10. The highest BCUT2D eigenvalue weighted by atomic mass is 16.6. The summed E-state index contributed by atoms with van der Waals surface area (Å²) in [4.78, 5) is 27.9. The van der Waals surface area contributed by atoms with Crippen LogP contribution in [0.4, 0.5) is 5.69 Å². The van der Waals surface area contributed by atoms with Crippen LogP contribution in [0, 0.1) is 10.1 Å². The van der Waals surface area contributed by atoms with E-state index in [1.807, 2.05) is 18.2 Å². The summed E-state index contributed by atoms with van der Waals surface area (Å²) < 4.78 is 4.41. The highest BCUT2D eigenvalue weighted by Gasteiger charge is 2.10. The maximum absolute atomic E-state index is 10.9. The molecule has 0 amide bonds. The van der Waals surface area contributed by atoms with Gasteiger partial charge in [-0.2, -0.15) is 0 Å². The van der Waals surface area contributed by atoms with Crippen LogP contribution in [0.5, 0.6) is 0 Å². The third kappa shape index (κ3) is 3.93. The molecule has 0 unspecified atom stereocenters. The molecule has 3 aromatic rings. The molecule has 0 saturated carbocycles. The van der Waals surface area contributed by atoms with Crippen molar-refractivity contribution in [3.63, 3.8) is 0 Å². The van der Waals surface area contributed by atoms with Crippen LogP contribution in [-0.4, -0.2) is 28.0 Å². The van der Waals surface area contributed by atoms with Gasteiger partial charge in [-0.1, -0.05) is 18.2 Å². The second-order valence-electron chi connectivity index (χ2n) is 4.72. The number of imidazole rings is 1. The Morgan fingerprint density at radius 2 is 2.08 bits per heavy atom. The predicted molar refractivity (Wildman–Crippen MR) is 88.4 cm³/mol. The topological polar surface area (TPSA) is 124 Å². The van der Waals surface area contributed by atoms with Crippen molar-refractivity contribution in [2.45, 2.75) is 6.54 Å². The number of esters is 1. The second-order valence-corrected chi connectivity index (χ2v) is 4.72. The molecule has 0 aliphatic rings. The number of nitrogens with two attached hydrogens (primary N) is 1. The fraction of sp³-hybridized carbons (Fsp3) is 0.125. The van der Waals surface area contributed by atoms with Gasteiger partial charge < -0.3 is 15.5 Å². The first-order chi connectivity index (χ1) is 11.6. The Morgan fingerprint density at radius 1 is 1.33 bits per heavy atom. The van der Waals surface area contributed by atoms with Crippen molar-refractivity contribution in [1.82, 2.24) is 9.97 Å². The van der Waals surface area contributed by atoms with Gasteiger partial charge in [-0.05, 0) is 17.7 Å². The van der Waals surface area contributed by atoms with Gasteiger partial charge in [0.2, 0.25) is 0 Å². The summed E-state index contributed by atoms with van der Waals surface area (Å²) in [7, 11) is 1.22. The van der Waals surface area contributed by atoms with Crippen LogP contribution in [0.2, 0.25) is 0 Å². The average molecular weight is 328 g/mol. The Bertz CT molecular complexity index is 860. The molecule has 0 atom stereocenters. The Kier molecular flexibility index (Phi) is 5.58. The fourth-order valence-corrected chi connectivity index (χ4v) is 2.06. The third-order valence-corrected chi connectivity index (χ3v) is 3.23. The monoisotopic (exact) mass is 328 g/mol. The number of hydrogen-bond donors (Lipinski definition) is 2. The summed E-state index contributed by atoms with van der Waals surface area (Å²) in [6.07, 6.45) is 1.68. The van der Waals surface area contributed by atoms with E-state index in [1.54, 1.807) is 6.33 Å². The summed E-state index contributed by atoms with van der Waals surface area (Å²) in [5.74, 6) is -0.580. The number of aromatic amines is 1. The predicted octanol–water partition coefficient (Wildman–Crippen LogP) is 2.40. The number of methoxy groups -OCH3 is 1. The van der Waals surface area contributed by atoms with Crippen LogP contribution in [0.15, 0.2) is 48.8 Å². The zero-order valence-corrected chi connectivity index (χ0v) is 12.9. The Hall–Kier alpha value is -3.26. The van der Waals surface area contributed by atoms with Gasteiger partial charge in [0.05, 0.1) is 35.0 Å². The van der Waals surface area contributed by atoms with Gasteiger partial charge >= 0.3 is 5.97 Å². The van der Waals surface area contributed by atoms with Crippen LogP contribution in [-0.2, 0) is 11.3 Å². The standard InChI is InChI=1S/C8H9N3.C8H7NO4/c9-4-6-2-1-3-7-8(6)11-5-10-7;1-13-8(10)6-3-2-4-7(5-6)9(11)12/h1-3,5H,4,9H2,(H,10,11);2-5H,1H3. The number of fused-ring (bicyclic) bond motifs is 1. The summed E-state index contributed by atoms with van der Waals surface area (Å²) in [6.45, 7) is 0.544. The molecule has 0 saturated heterocycles. The Labute approximate surface area is 137 Å². The van der Waals surface area contributed by atoms with E-state index in [2.05, 4.69) is 14.7 Å². The number of carbonyl (C=O) groups is 1. The minimum atomic E-state index is -0.580. The van der Waals surface area contributed by atoms with Crippen LogP contribution >= 0.6 is 0 Å². The van der Waals surface area contributed by atoms with Crippen LogP contribution in [0.25, 0.3) is 11.0 Å². The zero-order chi connectivity index (χ0) is 17.5. The number of non-ortho nitro benzene ring substituents is 1. The van der Waals surface area contributed by atoms with E-state index >= 15 is 0 Å². The lowest BCUT2D eigenvalue weighted by atomic mass is 10.2. The highest BCUT2D eigenvalue weighted by molar-refractivity contribution is 5.89. The van der Waals surface area contributed by atoms with Crippen LogP contribution in [0.3, 0.4) is 0 Å². The van der Waals surface area contributed by atoms with Crippen molar-refractivity contribution < 1.29 is 14.5 Å². The van der Waals surface area contributed by atoms with Crippen molar-refractivity contribution in [3.05, 3.63) is 70.0 Å². The molecule has 8 nitrogen and oxygen atoms in total. The van der Waals surface area contributed by atoms with E-state index in [-0.39, 0.29) is 11.3 Å². The lowest BCUT2D eigenvalue weighted by Gasteiger charge is -1.97. The van der Waals surface area contributed by atoms with Crippen molar-refractivity contribution >= 4 is 22.7 Å².